The van der Waals surface area contributed by atoms with Crippen LogP contribution >= 0.6 is 11.3 Å². The molecule has 11 nitrogen and oxygen atoms in total. The van der Waals surface area contributed by atoms with Gasteiger partial charge in [0.15, 0.2) is 5.13 Å². The first-order chi connectivity index (χ1) is 22.0. The highest BCUT2D eigenvalue weighted by Crippen LogP contribution is 2.41. The van der Waals surface area contributed by atoms with Gasteiger partial charge in [0.25, 0.3) is 5.91 Å². The average molecular weight is 660 g/mol. The van der Waals surface area contributed by atoms with Crippen molar-refractivity contribution < 1.29 is 32.6 Å². The highest BCUT2D eigenvalue weighted by molar-refractivity contribution is 7.16. The number of likely N-dealkylation sites (tertiary alicyclic amines) is 1. The number of amides is 1. The molecule has 15 heteroatoms. The average Bonchev–Trinajstić information content (AvgIpc) is 3.67. The molecule has 2 saturated heterocycles. The van der Waals surface area contributed by atoms with Crippen LogP contribution < -0.4 is 15.0 Å². The molecular weight excluding hydrogens is 623 g/mol. The summed E-state index contributed by atoms with van der Waals surface area (Å²) in [6.45, 7) is 6.88. The minimum atomic E-state index is -4.62. The third-order valence-electron chi connectivity index (χ3n) is 8.06. The summed E-state index contributed by atoms with van der Waals surface area (Å²) in [7, 11) is 1.20. The molecule has 0 unspecified atom stereocenters. The lowest BCUT2D eigenvalue weighted by atomic mass is 10.1. The molecule has 3 aromatic rings. The van der Waals surface area contributed by atoms with Gasteiger partial charge in [-0.05, 0) is 50.9 Å². The lowest BCUT2D eigenvalue weighted by molar-refractivity contribution is -0.139. The van der Waals surface area contributed by atoms with Crippen LogP contribution in [0.2, 0.25) is 0 Å². The van der Waals surface area contributed by atoms with Crippen molar-refractivity contribution in [3.05, 3.63) is 58.5 Å². The van der Waals surface area contributed by atoms with Gasteiger partial charge in [-0.3, -0.25) is 19.8 Å². The summed E-state index contributed by atoms with van der Waals surface area (Å²) in [5.41, 5.74) is 0.966. The number of thiazole rings is 1. The number of rotatable bonds is 11. The first-order valence-electron chi connectivity index (χ1n) is 15.0. The van der Waals surface area contributed by atoms with E-state index in [2.05, 4.69) is 35.0 Å². The number of anilines is 2. The van der Waals surface area contributed by atoms with Crippen LogP contribution in [0.1, 0.15) is 53.5 Å². The van der Waals surface area contributed by atoms with Gasteiger partial charge in [-0.1, -0.05) is 17.4 Å². The fourth-order valence-electron chi connectivity index (χ4n) is 5.67. The third kappa shape index (κ3) is 7.94. The van der Waals surface area contributed by atoms with E-state index >= 15 is 0 Å². The summed E-state index contributed by atoms with van der Waals surface area (Å²) in [5.74, 6) is -0.978. The number of carbonyl (C=O) groups excluding carboxylic acids is 1. The first kappa shape index (κ1) is 33.1. The quantitative estimate of drug-likeness (QED) is 0.278. The number of piperazine rings is 1. The molecule has 5 rings (SSSR count). The summed E-state index contributed by atoms with van der Waals surface area (Å²) < 4.78 is 46.5. The van der Waals surface area contributed by atoms with E-state index in [4.69, 9.17) is 9.84 Å². The number of nitrogens with zero attached hydrogens (tertiary/aromatic N) is 6. The maximum Gasteiger partial charge on any atom is 0.419 e. The lowest BCUT2D eigenvalue weighted by Gasteiger charge is -2.35. The predicted molar refractivity (Wildman–Crippen MR) is 168 cm³/mol. The molecule has 2 aromatic heterocycles. The highest BCUT2D eigenvalue weighted by atomic mass is 32.1. The van der Waals surface area contributed by atoms with Crippen molar-refractivity contribution in [1.82, 2.24) is 24.8 Å². The monoisotopic (exact) mass is 659 g/mol. The molecule has 2 aliphatic heterocycles. The zero-order valence-electron chi connectivity index (χ0n) is 25.6. The molecule has 0 atom stereocenters. The largest absolute Gasteiger partial charge is 0.496 e. The van der Waals surface area contributed by atoms with Crippen LogP contribution in [0.15, 0.2) is 42.4 Å². The zero-order chi connectivity index (χ0) is 32.8. The van der Waals surface area contributed by atoms with Crippen molar-refractivity contribution in [2.75, 3.05) is 56.6 Å². The number of nitrogens with one attached hydrogen (secondary N) is 1. The SMILES string of the molecule is C/C=C1/CCCN1Cc1sc(NC(=O)c2cnc(N3CCN(CCCC(=O)O)CC3)cn2)nc1-c1ccc(OC)c(C(F)(F)F)c1. The van der Waals surface area contributed by atoms with Gasteiger partial charge < -0.3 is 19.6 Å². The zero-order valence-corrected chi connectivity index (χ0v) is 26.5. The van der Waals surface area contributed by atoms with Gasteiger partial charge in [0.05, 0.1) is 42.2 Å². The number of aliphatic carboxylic acids is 1. The number of ether oxygens (including phenoxy) is 1. The number of carboxylic acids is 1. The van der Waals surface area contributed by atoms with E-state index in [1.165, 1.54) is 36.9 Å². The summed E-state index contributed by atoms with van der Waals surface area (Å²) in [5, 5.41) is 11.8. The van der Waals surface area contributed by atoms with E-state index in [1.807, 2.05) is 13.0 Å². The van der Waals surface area contributed by atoms with Gasteiger partial charge in [-0.25, -0.2) is 15.0 Å². The van der Waals surface area contributed by atoms with Crippen LogP contribution in [0.4, 0.5) is 24.1 Å². The summed E-state index contributed by atoms with van der Waals surface area (Å²) in [4.78, 5) is 44.4. The number of hydrogen-bond donors (Lipinski definition) is 2. The number of methoxy groups -OCH3 is 1. The van der Waals surface area contributed by atoms with Gasteiger partial charge in [0.2, 0.25) is 0 Å². The predicted octanol–water partition coefficient (Wildman–Crippen LogP) is 5.37. The van der Waals surface area contributed by atoms with E-state index in [0.29, 0.717) is 37.6 Å². The van der Waals surface area contributed by atoms with E-state index in [1.54, 1.807) is 6.07 Å². The molecule has 246 valence electrons. The molecule has 1 amide bonds. The van der Waals surface area contributed by atoms with Crippen molar-refractivity contribution in [3.8, 4) is 17.0 Å². The van der Waals surface area contributed by atoms with E-state index in [9.17, 15) is 22.8 Å². The van der Waals surface area contributed by atoms with E-state index in [-0.39, 0.29) is 28.6 Å². The van der Waals surface area contributed by atoms with Crippen molar-refractivity contribution >= 4 is 34.2 Å². The van der Waals surface area contributed by atoms with E-state index in [0.717, 1.165) is 55.7 Å². The maximum atomic E-state index is 13.8. The number of allylic oxidation sites excluding steroid dienone is 2. The van der Waals surface area contributed by atoms with Crippen molar-refractivity contribution in [2.24, 2.45) is 0 Å². The molecule has 2 aliphatic rings. The molecule has 0 radical (unpaired) electrons. The van der Waals surface area contributed by atoms with E-state index < -0.39 is 23.6 Å². The number of benzene rings is 1. The molecular formula is C31H36F3N7O4S. The third-order valence-corrected chi connectivity index (χ3v) is 9.02. The normalized spacial score (nSPS) is 16.7. The Hall–Kier alpha value is -4.24. The summed E-state index contributed by atoms with van der Waals surface area (Å²) in [6.07, 6.45) is 3.00. The minimum Gasteiger partial charge on any atom is -0.496 e. The fraction of sp³-hybridized carbons (Fsp3) is 0.452. The van der Waals surface area contributed by atoms with Crippen LogP contribution in [0.5, 0.6) is 5.75 Å². The number of carbonyl (C=O) groups is 2. The molecule has 1 aromatic carbocycles. The summed E-state index contributed by atoms with van der Waals surface area (Å²) >= 11 is 1.22. The highest BCUT2D eigenvalue weighted by Gasteiger charge is 2.35. The first-order valence-corrected chi connectivity index (χ1v) is 15.8. The Morgan fingerprint density at radius 3 is 2.57 bits per heavy atom. The topological polar surface area (TPSA) is 124 Å². The number of alkyl halides is 3. The molecule has 0 spiro atoms. The number of hydrogen-bond acceptors (Lipinski definition) is 10. The number of aromatic nitrogens is 3. The molecule has 4 heterocycles. The second-order valence-corrected chi connectivity index (χ2v) is 12.1. The van der Waals surface area contributed by atoms with Crippen molar-refractivity contribution in [1.29, 1.82) is 0 Å². The maximum absolute atomic E-state index is 13.8. The lowest BCUT2D eigenvalue weighted by Crippen LogP contribution is -2.47. The number of carboxylic acid groups (broad SMARTS) is 1. The van der Waals surface area contributed by atoms with Gasteiger partial charge in [-0.2, -0.15) is 13.2 Å². The summed E-state index contributed by atoms with van der Waals surface area (Å²) in [6, 6.07) is 3.85. The van der Waals surface area contributed by atoms with Crippen LogP contribution in [0.3, 0.4) is 0 Å². The smallest absolute Gasteiger partial charge is 0.419 e. The Labute approximate surface area is 268 Å². The van der Waals surface area contributed by atoms with Crippen molar-refractivity contribution in [3.63, 3.8) is 0 Å². The molecule has 0 saturated carbocycles. The second kappa shape index (κ2) is 14.5. The second-order valence-electron chi connectivity index (χ2n) is 11.0. The molecule has 46 heavy (non-hydrogen) atoms. The Balaban J connectivity index is 1.31. The van der Waals surface area contributed by atoms with Crippen LogP contribution in [0, 0.1) is 0 Å². The Bertz CT molecular complexity index is 1570. The minimum absolute atomic E-state index is 0.0777. The Kier molecular flexibility index (Phi) is 10.4. The van der Waals surface area contributed by atoms with Crippen LogP contribution in [-0.4, -0.2) is 88.1 Å². The standard InChI is InChI=1S/C31H36F3N7O4S/c1-3-21-6-4-11-41(21)19-25-28(20-8-9-24(45-2)22(16-20)31(32,33)34)37-30(46-25)38-29(44)23-17-36-26(18-35-23)40-14-12-39(13-15-40)10-5-7-27(42)43/h3,8-9,16-18H,4-7,10-15,19H2,1-2H3,(H,42,43)(H,37,38,44)/b21-3-. The van der Waals surface area contributed by atoms with Crippen LogP contribution in [0.25, 0.3) is 11.3 Å². The number of halogens is 3. The van der Waals surface area contributed by atoms with Gasteiger partial charge in [0, 0.05) is 50.4 Å². The molecule has 2 fully saturated rings. The van der Waals surface area contributed by atoms with Gasteiger partial charge in [-0.15, -0.1) is 0 Å². The molecule has 2 N–H and O–H groups in total. The molecule has 0 bridgehead atoms. The fourth-order valence-corrected chi connectivity index (χ4v) is 6.66. The van der Waals surface area contributed by atoms with Gasteiger partial charge in [0.1, 0.15) is 17.3 Å². The molecule has 0 aliphatic carbocycles. The van der Waals surface area contributed by atoms with Crippen LogP contribution in [-0.2, 0) is 17.5 Å². The van der Waals surface area contributed by atoms with Crippen molar-refractivity contribution in [2.45, 2.75) is 45.3 Å². The van der Waals surface area contributed by atoms with Gasteiger partial charge >= 0.3 is 12.1 Å². The Morgan fingerprint density at radius 1 is 1.13 bits per heavy atom. The Morgan fingerprint density at radius 2 is 1.91 bits per heavy atom.